The molecule has 52 heavy (non-hydrogen) atoms. The summed E-state index contributed by atoms with van der Waals surface area (Å²) in [6, 6.07) is 35.5. The highest BCUT2D eigenvalue weighted by molar-refractivity contribution is 7.62. The molecule has 1 heterocycles. The molecular weight excluding hydrogens is 691 g/mol. The molecule has 4 aromatic carbocycles. The lowest BCUT2D eigenvalue weighted by molar-refractivity contribution is -0.138. The molecule has 1 unspecified atom stereocenters. The highest BCUT2D eigenvalue weighted by Crippen LogP contribution is 2.51. The van der Waals surface area contributed by atoms with Crippen LogP contribution in [0.1, 0.15) is 58.2 Å². The number of carboxylic acid groups (broad SMARTS) is 1. The molecule has 0 aliphatic rings. The smallest absolute Gasteiger partial charge is 0.305 e. The van der Waals surface area contributed by atoms with Gasteiger partial charge in [0.05, 0.1) is 30.1 Å². The average Bonchev–Trinajstić information content (AvgIpc) is 3.13. The van der Waals surface area contributed by atoms with E-state index in [9.17, 15) is 18.9 Å². The first-order chi connectivity index (χ1) is 24.8. The van der Waals surface area contributed by atoms with E-state index in [1.807, 2.05) is 105 Å². The maximum Gasteiger partial charge on any atom is 0.305 e. The second-order valence-corrected chi connectivity index (χ2v) is 20.9. The van der Waals surface area contributed by atoms with Crippen molar-refractivity contribution in [3.05, 3.63) is 138 Å². The number of carbonyl (C=O) groups is 1. The van der Waals surface area contributed by atoms with Gasteiger partial charge in [0.15, 0.2) is 5.82 Å². The molecule has 10 heteroatoms. The van der Waals surface area contributed by atoms with Gasteiger partial charge < -0.3 is 14.1 Å². The summed E-state index contributed by atoms with van der Waals surface area (Å²) in [5, 5.41) is 11.7. The van der Waals surface area contributed by atoms with E-state index >= 15 is 0 Å². The fourth-order valence-electron chi connectivity index (χ4n) is 6.58. The Kier molecular flexibility index (Phi) is 12.2. The second kappa shape index (κ2) is 16.4. The van der Waals surface area contributed by atoms with Crippen LogP contribution in [-0.4, -0.2) is 48.7 Å². The van der Waals surface area contributed by atoms with E-state index in [1.165, 1.54) is 25.1 Å². The fourth-order valence-corrected chi connectivity index (χ4v) is 12.9. The van der Waals surface area contributed by atoms with Crippen LogP contribution in [0.2, 0.25) is 5.04 Å². The first-order valence-corrected chi connectivity index (χ1v) is 21.1. The van der Waals surface area contributed by atoms with Crippen molar-refractivity contribution < 1.29 is 27.8 Å². The third-order valence-corrected chi connectivity index (χ3v) is 16.3. The van der Waals surface area contributed by atoms with Gasteiger partial charge in [-0.3, -0.25) is 9.36 Å². The van der Waals surface area contributed by atoms with Crippen molar-refractivity contribution in [1.29, 1.82) is 0 Å². The normalized spacial score (nSPS) is 14.0. The van der Waals surface area contributed by atoms with Crippen LogP contribution in [0.4, 0.5) is 4.39 Å². The van der Waals surface area contributed by atoms with Crippen LogP contribution in [-0.2, 0) is 18.3 Å². The molecule has 5 aromatic rings. The molecule has 0 fully saturated rings. The minimum absolute atomic E-state index is 0.0653. The zero-order chi connectivity index (χ0) is 37.5. The van der Waals surface area contributed by atoms with E-state index in [-0.39, 0.29) is 24.3 Å². The summed E-state index contributed by atoms with van der Waals surface area (Å²) in [6.45, 7) is 10.3. The Morgan fingerprint density at radius 2 is 1.38 bits per heavy atom. The fraction of sp³-hybridized carbons (Fsp3) is 0.262. The Balaban J connectivity index is 1.63. The van der Waals surface area contributed by atoms with Crippen molar-refractivity contribution in [2.45, 2.75) is 58.1 Å². The minimum Gasteiger partial charge on any atom is -0.481 e. The number of carboxylic acids is 1. The molecule has 1 aromatic heterocycles. The largest absolute Gasteiger partial charge is 0.481 e. The molecule has 0 radical (unpaired) electrons. The SMILES string of the molecule is COP(=O)(C=Cc1c(-c2ccc(F)cc2)nc(-c2ccccc2)nc1C(C)C)C[C@H](CC(=O)O)O[Si](c1ccccc1)(c1ccccc1)C(C)(C)C. The van der Waals surface area contributed by atoms with Gasteiger partial charge in [-0.15, -0.1) is 0 Å². The monoisotopic (exact) mass is 736 g/mol. The number of nitrogens with zero attached hydrogens (tertiary/aromatic N) is 2. The molecule has 0 spiro atoms. The Morgan fingerprint density at radius 1 is 0.846 bits per heavy atom. The van der Waals surface area contributed by atoms with Crippen molar-refractivity contribution in [2.75, 3.05) is 13.3 Å². The third kappa shape index (κ3) is 8.73. The molecule has 0 bridgehead atoms. The molecule has 0 saturated carbocycles. The maximum absolute atomic E-state index is 14.8. The van der Waals surface area contributed by atoms with Gasteiger partial charge in [-0.2, -0.15) is 0 Å². The van der Waals surface area contributed by atoms with E-state index in [4.69, 9.17) is 18.9 Å². The Hall–Kier alpha value is -4.53. The van der Waals surface area contributed by atoms with Gasteiger partial charge in [0.2, 0.25) is 7.37 Å². The number of halogens is 1. The Labute approximate surface area is 307 Å². The molecule has 5 rings (SSSR count). The number of aromatic nitrogens is 2. The summed E-state index contributed by atoms with van der Waals surface area (Å²) in [6.07, 6.45) is 0.187. The molecule has 0 saturated heterocycles. The van der Waals surface area contributed by atoms with Crippen molar-refractivity contribution in [2.24, 2.45) is 0 Å². The van der Waals surface area contributed by atoms with Gasteiger partial charge in [0.25, 0.3) is 8.32 Å². The van der Waals surface area contributed by atoms with Crippen molar-refractivity contribution in [3.63, 3.8) is 0 Å². The highest BCUT2D eigenvalue weighted by Gasteiger charge is 2.52. The Morgan fingerprint density at radius 3 is 1.87 bits per heavy atom. The highest BCUT2D eigenvalue weighted by atomic mass is 31.2. The molecule has 0 aliphatic heterocycles. The van der Waals surface area contributed by atoms with Gasteiger partial charge in [-0.1, -0.05) is 126 Å². The molecular formula is C42H46FN2O5PSi. The summed E-state index contributed by atoms with van der Waals surface area (Å²) < 4.78 is 41.8. The third-order valence-electron chi connectivity index (χ3n) is 9.07. The van der Waals surface area contributed by atoms with Crippen LogP contribution < -0.4 is 10.4 Å². The topological polar surface area (TPSA) is 98.6 Å². The van der Waals surface area contributed by atoms with Gasteiger partial charge in [0.1, 0.15) is 5.82 Å². The minimum atomic E-state index is -3.70. The van der Waals surface area contributed by atoms with Crippen LogP contribution in [0.25, 0.3) is 28.7 Å². The summed E-state index contributed by atoms with van der Waals surface area (Å²) in [5.74, 6) is 0.508. The number of aliphatic carboxylic acids is 1. The van der Waals surface area contributed by atoms with Crippen LogP contribution in [0.15, 0.2) is 121 Å². The van der Waals surface area contributed by atoms with E-state index in [2.05, 4.69) is 20.8 Å². The summed E-state index contributed by atoms with van der Waals surface area (Å²) >= 11 is 0. The number of hydrogen-bond donors (Lipinski definition) is 1. The maximum atomic E-state index is 14.8. The van der Waals surface area contributed by atoms with Gasteiger partial charge in [-0.25, -0.2) is 14.4 Å². The number of hydrogen-bond acceptors (Lipinski definition) is 6. The van der Waals surface area contributed by atoms with Crippen molar-refractivity contribution in [1.82, 2.24) is 9.97 Å². The zero-order valence-electron chi connectivity index (χ0n) is 30.5. The molecule has 0 aliphatic carbocycles. The number of benzene rings is 4. The van der Waals surface area contributed by atoms with Crippen LogP contribution in [0.3, 0.4) is 0 Å². The lowest BCUT2D eigenvalue weighted by Crippen LogP contribution is -2.68. The van der Waals surface area contributed by atoms with Gasteiger partial charge in [-0.05, 0) is 51.7 Å². The van der Waals surface area contributed by atoms with E-state index < -0.39 is 32.8 Å². The van der Waals surface area contributed by atoms with Gasteiger partial charge >= 0.3 is 5.97 Å². The standard InChI is InChI=1S/C42H46FN2O5PSi/c1-30(2)39-37(40(31-22-24-33(43)25-23-31)45-41(44-39)32-16-10-7-11-17-32)26-27-51(48,49-6)29-34(28-38(46)47)50-52(42(3,4)5,35-18-12-8-13-19-35)36-20-14-9-15-21-36/h7-27,30,34H,28-29H2,1-6H3,(H,46,47)/t34-,51?/m0/s1. The second-order valence-electron chi connectivity index (χ2n) is 14.1. The summed E-state index contributed by atoms with van der Waals surface area (Å²) in [7, 11) is -5.55. The number of rotatable bonds is 14. The van der Waals surface area contributed by atoms with Gasteiger partial charge in [0, 0.05) is 29.6 Å². The lowest BCUT2D eigenvalue weighted by Gasteiger charge is -2.45. The van der Waals surface area contributed by atoms with Crippen LogP contribution in [0.5, 0.6) is 0 Å². The molecule has 270 valence electrons. The predicted molar refractivity (Wildman–Crippen MR) is 210 cm³/mol. The Bertz CT molecular complexity index is 2000. The first kappa shape index (κ1) is 38.7. The first-order valence-electron chi connectivity index (χ1n) is 17.3. The molecule has 2 atom stereocenters. The van der Waals surface area contributed by atoms with E-state index in [1.54, 1.807) is 18.2 Å². The quantitative estimate of drug-likeness (QED) is 0.0896. The zero-order valence-corrected chi connectivity index (χ0v) is 32.4. The molecule has 7 nitrogen and oxygen atoms in total. The summed E-state index contributed by atoms with van der Waals surface area (Å²) in [4.78, 5) is 22.3. The van der Waals surface area contributed by atoms with Crippen molar-refractivity contribution in [3.8, 4) is 22.6 Å². The lowest BCUT2D eigenvalue weighted by atomic mass is 9.98. The van der Waals surface area contributed by atoms with Crippen molar-refractivity contribution >= 4 is 38.1 Å². The predicted octanol–water partition coefficient (Wildman–Crippen LogP) is 9.39. The van der Waals surface area contributed by atoms with E-state index in [0.29, 0.717) is 28.3 Å². The van der Waals surface area contributed by atoms with E-state index in [0.717, 1.165) is 15.9 Å². The average molecular weight is 737 g/mol. The van der Waals surface area contributed by atoms with Crippen LogP contribution in [0, 0.1) is 5.82 Å². The molecule has 1 N–H and O–H groups in total. The molecule has 0 amide bonds. The summed E-state index contributed by atoms with van der Waals surface area (Å²) in [5.41, 5.74) is 3.34. The van der Waals surface area contributed by atoms with Crippen LogP contribution >= 0.6 is 7.37 Å².